The molecule has 0 bridgehead atoms. The summed E-state index contributed by atoms with van der Waals surface area (Å²) in [5.74, 6) is 0.620. The van der Waals surface area contributed by atoms with Crippen LogP contribution in [0.2, 0.25) is 0 Å². The molecule has 1 unspecified atom stereocenters. The van der Waals surface area contributed by atoms with Crippen molar-refractivity contribution in [3.8, 4) is 6.07 Å². The Morgan fingerprint density at radius 1 is 1.50 bits per heavy atom. The van der Waals surface area contributed by atoms with E-state index in [0.717, 1.165) is 30.9 Å². The minimum Gasteiger partial charge on any atom is -0.370 e. The number of rotatable bonds is 1. The number of pyridine rings is 1. The number of aromatic nitrogens is 1. The Hall–Kier alpha value is -1.76. The predicted octanol–water partition coefficient (Wildman–Crippen LogP) is 1.80. The molecule has 0 N–H and O–H groups in total. The summed E-state index contributed by atoms with van der Waals surface area (Å²) >= 11 is 0. The number of hydrogen-bond acceptors (Lipinski definition) is 3. The molecule has 1 saturated heterocycles. The summed E-state index contributed by atoms with van der Waals surface area (Å²) in [7, 11) is 1.71. The molecule has 1 aromatic rings. The Kier molecular flexibility index (Phi) is 3.42. The predicted molar refractivity (Wildman–Crippen MR) is 71.7 cm³/mol. The van der Waals surface area contributed by atoms with Gasteiger partial charge in [-0.2, -0.15) is 5.26 Å². The molecule has 0 radical (unpaired) electrons. The monoisotopic (exact) mass is 245 g/mol. The number of hydrogen-bond donors (Lipinski definition) is 0. The average Bonchev–Trinajstić information content (AvgIpc) is 2.35. The fraction of sp³-hybridized carbons (Fsp3) is 0.571. The fourth-order valence-corrected chi connectivity index (χ4v) is 2.57. The molecule has 0 spiro atoms. The van der Waals surface area contributed by atoms with E-state index in [1.165, 1.54) is 11.0 Å². The summed E-state index contributed by atoms with van der Waals surface area (Å²) in [6.07, 6.45) is 2.35. The zero-order valence-corrected chi connectivity index (χ0v) is 11.2. The fourth-order valence-electron chi connectivity index (χ4n) is 2.57. The summed E-state index contributed by atoms with van der Waals surface area (Å²) in [5, 5.41) is 9.22. The number of nitrogens with zero attached hydrogens (tertiary/aromatic N) is 3. The summed E-state index contributed by atoms with van der Waals surface area (Å²) in [4.78, 5) is 14.3. The van der Waals surface area contributed by atoms with Crippen LogP contribution in [0.15, 0.2) is 10.9 Å². The smallest absolute Gasteiger partial charge is 0.270 e. The molecular weight excluding hydrogens is 226 g/mol. The van der Waals surface area contributed by atoms with E-state index in [9.17, 15) is 10.1 Å². The molecule has 1 aromatic heterocycles. The van der Waals surface area contributed by atoms with Crippen LogP contribution in [-0.4, -0.2) is 17.7 Å². The van der Waals surface area contributed by atoms with Gasteiger partial charge in [0.25, 0.3) is 5.56 Å². The highest BCUT2D eigenvalue weighted by Gasteiger charge is 2.21. The first-order valence-corrected chi connectivity index (χ1v) is 6.40. The lowest BCUT2D eigenvalue weighted by Gasteiger charge is -2.33. The van der Waals surface area contributed by atoms with Gasteiger partial charge in [-0.3, -0.25) is 4.79 Å². The molecule has 96 valence electrons. The zero-order valence-electron chi connectivity index (χ0n) is 11.2. The van der Waals surface area contributed by atoms with Crippen LogP contribution in [0.3, 0.4) is 0 Å². The van der Waals surface area contributed by atoms with Crippen molar-refractivity contribution in [3.05, 3.63) is 27.7 Å². The quantitative estimate of drug-likeness (QED) is 0.758. The third-order valence-electron chi connectivity index (χ3n) is 3.76. The molecule has 1 fully saturated rings. The van der Waals surface area contributed by atoms with E-state index in [1.54, 1.807) is 7.05 Å². The van der Waals surface area contributed by atoms with Gasteiger partial charge in [-0.1, -0.05) is 6.92 Å². The van der Waals surface area contributed by atoms with Crippen LogP contribution in [0.1, 0.15) is 31.0 Å². The van der Waals surface area contributed by atoms with Crippen LogP contribution in [0.5, 0.6) is 0 Å². The maximum absolute atomic E-state index is 12.1. The summed E-state index contributed by atoms with van der Waals surface area (Å²) in [6.45, 7) is 5.98. The van der Waals surface area contributed by atoms with Crippen molar-refractivity contribution in [3.63, 3.8) is 0 Å². The Morgan fingerprint density at radius 2 is 2.22 bits per heavy atom. The molecule has 2 heterocycles. The summed E-state index contributed by atoms with van der Waals surface area (Å²) in [6, 6.07) is 4.03. The van der Waals surface area contributed by atoms with Crippen molar-refractivity contribution in [2.24, 2.45) is 13.0 Å². The van der Waals surface area contributed by atoms with Crippen molar-refractivity contribution < 1.29 is 0 Å². The van der Waals surface area contributed by atoms with Gasteiger partial charge < -0.3 is 9.47 Å². The molecule has 0 aliphatic carbocycles. The second kappa shape index (κ2) is 4.85. The van der Waals surface area contributed by atoms with Crippen molar-refractivity contribution in [2.75, 3.05) is 18.0 Å². The molecule has 2 rings (SSSR count). The van der Waals surface area contributed by atoms with Crippen molar-refractivity contribution in [1.29, 1.82) is 5.26 Å². The van der Waals surface area contributed by atoms with Gasteiger partial charge in [0.05, 0.1) is 5.69 Å². The molecule has 1 aliphatic heterocycles. The van der Waals surface area contributed by atoms with Gasteiger partial charge >= 0.3 is 0 Å². The van der Waals surface area contributed by atoms with E-state index < -0.39 is 0 Å². The van der Waals surface area contributed by atoms with Crippen LogP contribution in [0, 0.1) is 24.2 Å². The van der Waals surface area contributed by atoms with Crippen molar-refractivity contribution in [1.82, 2.24) is 4.57 Å². The van der Waals surface area contributed by atoms with E-state index in [1.807, 2.05) is 13.0 Å². The van der Waals surface area contributed by atoms with Gasteiger partial charge in [0.15, 0.2) is 0 Å². The standard InChI is InChI=1S/C14H19N3O/c1-10-5-4-6-17(9-10)13-7-11(2)16(3)14(18)12(13)8-15/h7,10H,4-6,9H2,1-3H3. The minimum atomic E-state index is -0.189. The second-order valence-corrected chi connectivity index (χ2v) is 5.22. The van der Waals surface area contributed by atoms with Crippen LogP contribution in [0.4, 0.5) is 5.69 Å². The molecule has 18 heavy (non-hydrogen) atoms. The molecular formula is C14H19N3O. The normalized spacial score (nSPS) is 19.7. The number of aryl methyl sites for hydroxylation is 1. The van der Waals surface area contributed by atoms with Crippen molar-refractivity contribution in [2.45, 2.75) is 26.7 Å². The molecule has 1 aliphatic rings. The highest BCUT2D eigenvalue weighted by molar-refractivity contribution is 5.59. The van der Waals surface area contributed by atoms with E-state index in [-0.39, 0.29) is 11.1 Å². The second-order valence-electron chi connectivity index (χ2n) is 5.22. The van der Waals surface area contributed by atoms with Crippen LogP contribution in [0.25, 0.3) is 0 Å². The number of piperidine rings is 1. The Labute approximate surface area is 107 Å². The largest absolute Gasteiger partial charge is 0.370 e. The Bertz CT molecular complexity index is 553. The molecule has 0 saturated carbocycles. The molecule has 0 amide bonds. The van der Waals surface area contributed by atoms with Crippen LogP contribution in [-0.2, 0) is 7.05 Å². The lowest BCUT2D eigenvalue weighted by atomic mass is 9.99. The third-order valence-corrected chi connectivity index (χ3v) is 3.76. The molecule has 0 aromatic carbocycles. The summed E-state index contributed by atoms with van der Waals surface area (Å²) in [5.41, 5.74) is 1.79. The highest BCUT2D eigenvalue weighted by Crippen LogP contribution is 2.25. The number of anilines is 1. The van der Waals surface area contributed by atoms with Crippen LogP contribution < -0.4 is 10.5 Å². The molecule has 1 atom stereocenters. The maximum atomic E-state index is 12.1. The first-order valence-electron chi connectivity index (χ1n) is 6.40. The first kappa shape index (κ1) is 12.7. The van der Waals surface area contributed by atoms with E-state index in [4.69, 9.17) is 0 Å². The lowest BCUT2D eigenvalue weighted by molar-refractivity contribution is 0.446. The number of nitriles is 1. The maximum Gasteiger partial charge on any atom is 0.270 e. The lowest BCUT2D eigenvalue weighted by Crippen LogP contribution is -2.36. The Balaban J connectivity index is 2.51. The van der Waals surface area contributed by atoms with Gasteiger partial charge in [0, 0.05) is 25.8 Å². The Morgan fingerprint density at radius 3 is 2.83 bits per heavy atom. The van der Waals surface area contributed by atoms with E-state index in [2.05, 4.69) is 17.9 Å². The summed E-state index contributed by atoms with van der Waals surface area (Å²) < 4.78 is 1.54. The molecule has 4 nitrogen and oxygen atoms in total. The SMILES string of the molecule is Cc1cc(N2CCCC(C)C2)c(C#N)c(=O)n1C. The minimum absolute atomic E-state index is 0.189. The third kappa shape index (κ3) is 2.13. The average molecular weight is 245 g/mol. The van der Waals surface area contributed by atoms with Gasteiger partial charge in [-0.25, -0.2) is 0 Å². The van der Waals surface area contributed by atoms with Gasteiger partial charge in [-0.15, -0.1) is 0 Å². The van der Waals surface area contributed by atoms with Gasteiger partial charge in [0.1, 0.15) is 11.6 Å². The van der Waals surface area contributed by atoms with E-state index >= 15 is 0 Å². The topological polar surface area (TPSA) is 49.0 Å². The first-order chi connectivity index (χ1) is 8.54. The van der Waals surface area contributed by atoms with Crippen molar-refractivity contribution >= 4 is 5.69 Å². The van der Waals surface area contributed by atoms with Crippen LogP contribution >= 0.6 is 0 Å². The highest BCUT2D eigenvalue weighted by atomic mass is 16.1. The van der Waals surface area contributed by atoms with Gasteiger partial charge in [0.2, 0.25) is 0 Å². The zero-order chi connectivity index (χ0) is 13.3. The van der Waals surface area contributed by atoms with Gasteiger partial charge in [-0.05, 0) is 31.7 Å². The van der Waals surface area contributed by atoms with E-state index in [0.29, 0.717) is 5.92 Å². The molecule has 4 heteroatoms.